The van der Waals surface area contributed by atoms with Crippen molar-refractivity contribution in [3.05, 3.63) is 12.3 Å². The summed E-state index contributed by atoms with van der Waals surface area (Å²) in [7, 11) is 3.98. The standard InChI is InChI=1S/C15H28N2O3.C13H26N2.C12H23NO3.C10H21NO2/c1-14(2)5-11(6-15(3,4)17(14)18)16(7-12-9-19-12)8-13-10-20-13;1-7-8-14-11-9-12(2,3)15(6)13(4,5)10-11;1-11(2)5-9(15-7-10-8-16-10)6-12(3,4)13(11)14;1-9(2)6-8(13-5)7-10(3,4)11(9)12/h11-13,18H,5-10H2,1-4H3;7-8,11,14H,9-10H2,1-6H3;9-10,14H,5-8H2,1-4H3;8,12H,6-7H2,1-5H3. The van der Waals surface area contributed by atoms with E-state index in [-0.39, 0.29) is 56.5 Å². The molecular weight excluding hydrogens is 813 g/mol. The Morgan fingerprint density at radius 3 is 1.22 bits per heavy atom. The minimum absolute atomic E-state index is 0.192. The van der Waals surface area contributed by atoms with Gasteiger partial charge in [-0.2, -0.15) is 15.2 Å². The first-order valence-electron chi connectivity index (χ1n) is 24.5. The van der Waals surface area contributed by atoms with E-state index in [4.69, 9.17) is 23.7 Å². The zero-order chi connectivity index (χ0) is 48.5. The summed E-state index contributed by atoms with van der Waals surface area (Å²) in [6.07, 6.45) is 13.6. The highest BCUT2D eigenvalue weighted by molar-refractivity contribution is 5.03. The zero-order valence-corrected chi connectivity index (χ0v) is 44.2. The Morgan fingerprint density at radius 1 is 0.547 bits per heavy atom. The van der Waals surface area contributed by atoms with Crippen LogP contribution in [0, 0.1) is 0 Å². The van der Waals surface area contributed by atoms with Gasteiger partial charge in [-0.15, -0.1) is 0 Å². The van der Waals surface area contributed by atoms with Crippen molar-refractivity contribution in [2.24, 2.45) is 0 Å². The lowest BCUT2D eigenvalue weighted by Crippen LogP contribution is -2.63. The monoisotopic (exact) mass is 911 g/mol. The number of hydrogen-bond acceptors (Lipinski definition) is 14. The molecule has 0 aliphatic carbocycles. The van der Waals surface area contributed by atoms with E-state index in [1.807, 2.05) is 27.7 Å². The summed E-state index contributed by atoms with van der Waals surface area (Å²) in [4.78, 5) is 5.04. The number of hydroxylamine groups is 6. The van der Waals surface area contributed by atoms with Crippen LogP contribution in [0.2, 0.25) is 0 Å². The van der Waals surface area contributed by atoms with Crippen molar-refractivity contribution in [3.8, 4) is 0 Å². The summed E-state index contributed by atoms with van der Waals surface area (Å²) in [5.41, 5.74) is -0.667. The molecule has 4 N–H and O–H groups in total. The molecule has 7 aliphatic rings. The lowest BCUT2D eigenvalue weighted by Gasteiger charge is -2.53. The molecule has 14 heteroatoms. The summed E-state index contributed by atoms with van der Waals surface area (Å²) >= 11 is 0. The van der Waals surface area contributed by atoms with Gasteiger partial charge in [0.05, 0.1) is 50.8 Å². The van der Waals surface area contributed by atoms with Crippen molar-refractivity contribution < 1.29 is 39.3 Å². The molecule has 7 fully saturated rings. The molecular formula is C50H98N6O8. The Balaban J connectivity index is 0.000000190. The molecule has 3 unspecified atom stereocenters. The summed E-state index contributed by atoms with van der Waals surface area (Å²) in [5.74, 6) is 0. The number of methoxy groups -OCH3 is 1. The maximum absolute atomic E-state index is 10.4. The average molecular weight is 911 g/mol. The van der Waals surface area contributed by atoms with Gasteiger partial charge in [0.2, 0.25) is 0 Å². The molecule has 7 heterocycles. The second-order valence-corrected chi connectivity index (χ2v) is 25.3. The lowest BCUT2D eigenvalue weighted by molar-refractivity contribution is -0.261. The maximum atomic E-state index is 10.4. The lowest BCUT2D eigenvalue weighted by atomic mass is 9.77. The number of ether oxygens (including phenoxy) is 5. The van der Waals surface area contributed by atoms with Gasteiger partial charge in [-0.05, 0) is 182 Å². The van der Waals surface area contributed by atoms with Gasteiger partial charge in [0.25, 0.3) is 0 Å². The molecule has 14 nitrogen and oxygen atoms in total. The van der Waals surface area contributed by atoms with E-state index in [9.17, 15) is 15.6 Å². The number of nitrogens with one attached hydrogen (secondary N) is 1. The van der Waals surface area contributed by atoms with Crippen LogP contribution in [0.3, 0.4) is 0 Å². The number of likely N-dealkylation sites (tertiary alicyclic amines) is 1. The molecule has 0 spiro atoms. The van der Waals surface area contributed by atoms with E-state index in [1.54, 1.807) is 12.2 Å². The van der Waals surface area contributed by atoms with Crippen molar-refractivity contribution in [2.45, 2.75) is 256 Å². The number of rotatable bonds is 11. The SMILES string of the molecule is CC1(C)CC(N(CC2CO2)CC2CO2)CC(C)(C)N1O.CC1(C)CC(OCC2CO2)CC(C)(C)N1O.CC=CNC1CC(C)(C)N(C)C(C)(C)C1.COC1CC(C)(C)N(O)C(C)(C)C1. The van der Waals surface area contributed by atoms with Gasteiger partial charge < -0.3 is 44.6 Å². The van der Waals surface area contributed by atoms with Crippen molar-refractivity contribution in [2.75, 3.05) is 53.7 Å². The zero-order valence-electron chi connectivity index (χ0n) is 44.2. The van der Waals surface area contributed by atoms with Crippen LogP contribution in [0.15, 0.2) is 12.3 Å². The quantitative estimate of drug-likeness (QED) is 0.148. The van der Waals surface area contributed by atoms with Crippen molar-refractivity contribution in [1.82, 2.24) is 30.3 Å². The number of nitrogens with zero attached hydrogens (tertiary/aromatic N) is 5. The van der Waals surface area contributed by atoms with Crippen molar-refractivity contribution >= 4 is 0 Å². The topological polar surface area (TPSA) is 145 Å². The fraction of sp³-hybridized carbons (Fsp3) is 0.960. The molecule has 0 radical (unpaired) electrons. The second kappa shape index (κ2) is 20.9. The molecule has 7 saturated heterocycles. The summed E-state index contributed by atoms with van der Waals surface area (Å²) < 4.78 is 27.2. The highest BCUT2D eigenvalue weighted by Gasteiger charge is 2.49. The highest BCUT2D eigenvalue weighted by Crippen LogP contribution is 2.41. The number of epoxide rings is 3. The number of allylic oxidation sites excluding steroid dienone is 1. The van der Waals surface area contributed by atoms with Crippen LogP contribution in [0.5, 0.6) is 0 Å². The molecule has 0 saturated carbocycles. The smallest absolute Gasteiger partial charge is 0.104 e. The Morgan fingerprint density at radius 2 is 0.891 bits per heavy atom. The predicted octanol–water partition coefficient (Wildman–Crippen LogP) is 8.11. The van der Waals surface area contributed by atoms with Gasteiger partial charge in [0.15, 0.2) is 0 Å². The normalized spacial score (nSPS) is 32.1. The van der Waals surface area contributed by atoms with Crippen LogP contribution in [0.25, 0.3) is 0 Å². The van der Waals surface area contributed by atoms with E-state index in [0.717, 1.165) is 71.4 Å². The molecule has 64 heavy (non-hydrogen) atoms. The third-order valence-electron chi connectivity index (χ3n) is 15.1. The van der Waals surface area contributed by atoms with Crippen molar-refractivity contribution in [3.63, 3.8) is 0 Å². The van der Waals surface area contributed by atoms with Crippen LogP contribution in [0.1, 0.15) is 169 Å². The molecule has 0 aromatic rings. The number of piperidine rings is 4. The second-order valence-electron chi connectivity index (χ2n) is 25.3. The Bertz CT molecular complexity index is 1400. The van der Waals surface area contributed by atoms with Gasteiger partial charge in [0.1, 0.15) is 6.10 Å². The number of hydrogen-bond donors (Lipinski definition) is 4. The minimum atomic E-state index is -0.225. The van der Waals surface area contributed by atoms with Gasteiger partial charge in [-0.3, -0.25) is 9.80 Å². The van der Waals surface area contributed by atoms with E-state index in [1.165, 1.54) is 23.0 Å². The molecule has 0 aromatic heterocycles. The third kappa shape index (κ3) is 15.5. The molecule has 7 aliphatic heterocycles. The average Bonchev–Trinajstić information content (AvgIpc) is 4.00. The minimum Gasteiger partial charge on any atom is -0.388 e. The van der Waals surface area contributed by atoms with E-state index < -0.39 is 0 Å². The summed E-state index contributed by atoms with van der Waals surface area (Å²) in [5, 5.41) is 38.5. The fourth-order valence-electron chi connectivity index (χ4n) is 11.5. The van der Waals surface area contributed by atoms with Crippen LogP contribution in [-0.4, -0.2) is 181 Å². The Kier molecular flexibility index (Phi) is 18.2. The molecule has 0 aromatic carbocycles. The Labute approximate surface area is 390 Å². The molecule has 3 atom stereocenters. The maximum Gasteiger partial charge on any atom is 0.104 e. The van der Waals surface area contributed by atoms with Crippen molar-refractivity contribution in [1.29, 1.82) is 0 Å². The Hall–Kier alpha value is -0.980. The molecule has 376 valence electrons. The van der Waals surface area contributed by atoms with Gasteiger partial charge in [-0.25, -0.2) is 0 Å². The summed E-state index contributed by atoms with van der Waals surface area (Å²) in [6, 6.07) is 1.08. The first kappa shape index (κ1) is 55.6. The third-order valence-corrected chi connectivity index (χ3v) is 15.1. The summed E-state index contributed by atoms with van der Waals surface area (Å²) in [6.45, 7) is 41.6. The molecule has 0 bridgehead atoms. The highest BCUT2D eigenvalue weighted by atomic mass is 16.6. The van der Waals surface area contributed by atoms with E-state index in [2.05, 4.69) is 124 Å². The van der Waals surface area contributed by atoms with E-state index >= 15 is 0 Å². The van der Waals surface area contributed by atoms with Crippen LogP contribution in [-0.2, 0) is 23.7 Å². The van der Waals surface area contributed by atoms with Gasteiger partial charge in [-0.1, -0.05) is 6.08 Å². The van der Waals surface area contributed by atoms with Crippen LogP contribution < -0.4 is 5.32 Å². The van der Waals surface area contributed by atoms with E-state index in [0.29, 0.717) is 37.0 Å². The van der Waals surface area contributed by atoms with Gasteiger partial charge >= 0.3 is 0 Å². The first-order valence-corrected chi connectivity index (χ1v) is 24.5. The largest absolute Gasteiger partial charge is 0.388 e. The molecule has 0 amide bonds. The van der Waals surface area contributed by atoms with Crippen LogP contribution in [0.4, 0.5) is 0 Å². The van der Waals surface area contributed by atoms with Gasteiger partial charge in [0, 0.05) is 76.6 Å². The fourth-order valence-corrected chi connectivity index (χ4v) is 11.5. The first-order chi connectivity index (χ1) is 29.2. The predicted molar refractivity (Wildman–Crippen MR) is 255 cm³/mol. The molecule has 7 rings (SSSR count). The van der Waals surface area contributed by atoms with Crippen LogP contribution >= 0.6 is 0 Å².